The molecule has 0 aliphatic rings. The van der Waals surface area contributed by atoms with Gasteiger partial charge in [0.25, 0.3) is 5.91 Å². The third kappa shape index (κ3) is 8.44. The third-order valence-electron chi connectivity index (χ3n) is 6.20. The molecule has 0 aliphatic carbocycles. The number of para-hydroxylation sites is 1. The van der Waals surface area contributed by atoms with E-state index in [1.54, 1.807) is 36.4 Å². The topological polar surface area (TPSA) is 103 Å². The molecule has 41 heavy (non-hydrogen) atoms. The second-order valence-electron chi connectivity index (χ2n) is 9.31. The van der Waals surface area contributed by atoms with Crippen LogP contribution in [0.15, 0.2) is 103 Å². The van der Waals surface area contributed by atoms with Crippen LogP contribution >= 0.6 is 0 Å². The molecule has 0 fully saturated rings. The quantitative estimate of drug-likeness (QED) is 0.231. The first-order valence-corrected chi connectivity index (χ1v) is 13.1. The molecule has 0 aromatic heterocycles. The zero-order chi connectivity index (χ0) is 29.0. The Morgan fingerprint density at radius 2 is 1.29 bits per heavy atom. The Hall–Kier alpha value is -5.11. The number of anilines is 1. The summed E-state index contributed by atoms with van der Waals surface area (Å²) in [6, 6.07) is 30.6. The lowest BCUT2D eigenvalue weighted by Gasteiger charge is -2.19. The molecule has 0 spiro atoms. The highest BCUT2D eigenvalue weighted by molar-refractivity contribution is 6.04. The molecule has 0 heterocycles. The van der Waals surface area contributed by atoms with Crippen LogP contribution in [-0.2, 0) is 34.0 Å². The number of hydrogen-bond donors (Lipinski definition) is 2. The standard InChI is InChI=1S/C33H32N2O6/c1-23(36)34-28-16-10-9-15-27(28)32(37)35-29(33(38)39-2)19-26-17-18-30(40-21-24-11-5-3-6-12-24)31(20-26)41-22-25-13-7-4-8-14-25/h3-18,20,29H,19,21-22H2,1-2H3,(H,34,36)(H,35,37)/t29-/m1/s1. The van der Waals surface area contributed by atoms with Gasteiger partial charge in [0.1, 0.15) is 19.3 Å². The highest BCUT2D eigenvalue weighted by atomic mass is 16.5. The van der Waals surface area contributed by atoms with Crippen molar-refractivity contribution in [2.75, 3.05) is 12.4 Å². The van der Waals surface area contributed by atoms with Gasteiger partial charge >= 0.3 is 5.97 Å². The average molecular weight is 553 g/mol. The van der Waals surface area contributed by atoms with Crippen LogP contribution < -0.4 is 20.1 Å². The van der Waals surface area contributed by atoms with E-state index < -0.39 is 17.9 Å². The van der Waals surface area contributed by atoms with Crippen LogP contribution in [0.5, 0.6) is 11.5 Å². The van der Waals surface area contributed by atoms with E-state index in [1.165, 1.54) is 14.0 Å². The van der Waals surface area contributed by atoms with Gasteiger partial charge in [-0.2, -0.15) is 0 Å². The molecule has 0 radical (unpaired) electrons. The lowest BCUT2D eigenvalue weighted by Crippen LogP contribution is -2.43. The van der Waals surface area contributed by atoms with Crippen molar-refractivity contribution in [2.24, 2.45) is 0 Å². The SMILES string of the molecule is COC(=O)[C@@H](Cc1ccc(OCc2ccccc2)c(OCc2ccccc2)c1)NC(=O)c1ccccc1NC(C)=O. The summed E-state index contributed by atoms with van der Waals surface area (Å²) >= 11 is 0. The van der Waals surface area contributed by atoms with E-state index >= 15 is 0 Å². The second kappa shape index (κ2) is 14.3. The molecule has 0 saturated heterocycles. The van der Waals surface area contributed by atoms with Gasteiger partial charge in [-0.25, -0.2) is 4.79 Å². The van der Waals surface area contributed by atoms with Crippen LogP contribution in [0.2, 0.25) is 0 Å². The minimum Gasteiger partial charge on any atom is -0.485 e. The van der Waals surface area contributed by atoms with Crippen molar-refractivity contribution >= 4 is 23.5 Å². The first-order chi connectivity index (χ1) is 19.9. The van der Waals surface area contributed by atoms with Crippen LogP contribution in [0.1, 0.15) is 34.0 Å². The van der Waals surface area contributed by atoms with Gasteiger partial charge in [0.15, 0.2) is 11.5 Å². The summed E-state index contributed by atoms with van der Waals surface area (Å²) in [5.74, 6) is -0.378. The van der Waals surface area contributed by atoms with Crippen LogP contribution in [-0.4, -0.2) is 30.9 Å². The fourth-order valence-electron chi connectivity index (χ4n) is 4.17. The van der Waals surface area contributed by atoms with Gasteiger partial charge in [-0.15, -0.1) is 0 Å². The van der Waals surface area contributed by atoms with Crippen LogP contribution in [0.25, 0.3) is 0 Å². The lowest BCUT2D eigenvalue weighted by atomic mass is 10.0. The minimum absolute atomic E-state index is 0.140. The molecule has 4 aromatic carbocycles. The molecule has 4 aromatic rings. The first kappa shape index (κ1) is 28.9. The number of nitrogens with one attached hydrogen (secondary N) is 2. The van der Waals surface area contributed by atoms with Crippen molar-refractivity contribution in [1.82, 2.24) is 5.32 Å². The molecular formula is C33H32N2O6. The zero-order valence-corrected chi connectivity index (χ0v) is 23.0. The van der Waals surface area contributed by atoms with Gasteiger partial charge in [0.05, 0.1) is 18.4 Å². The van der Waals surface area contributed by atoms with Crippen molar-refractivity contribution in [1.29, 1.82) is 0 Å². The van der Waals surface area contributed by atoms with Gasteiger partial charge in [0.2, 0.25) is 5.91 Å². The first-order valence-electron chi connectivity index (χ1n) is 13.1. The molecule has 0 bridgehead atoms. The molecular weight excluding hydrogens is 520 g/mol. The molecule has 2 N–H and O–H groups in total. The van der Waals surface area contributed by atoms with Gasteiger partial charge in [-0.05, 0) is 41.0 Å². The number of hydrogen-bond acceptors (Lipinski definition) is 6. The highest BCUT2D eigenvalue weighted by Crippen LogP contribution is 2.31. The maximum atomic E-state index is 13.2. The Morgan fingerprint density at radius 3 is 1.90 bits per heavy atom. The van der Waals surface area contributed by atoms with Gasteiger partial charge in [0, 0.05) is 13.3 Å². The molecule has 0 saturated carbocycles. The molecule has 0 unspecified atom stereocenters. The summed E-state index contributed by atoms with van der Waals surface area (Å²) in [4.78, 5) is 37.5. The van der Waals surface area contributed by atoms with E-state index in [0.29, 0.717) is 30.4 Å². The fourth-order valence-corrected chi connectivity index (χ4v) is 4.17. The van der Waals surface area contributed by atoms with E-state index in [4.69, 9.17) is 14.2 Å². The molecule has 0 aliphatic heterocycles. The molecule has 1 atom stereocenters. The average Bonchev–Trinajstić information content (AvgIpc) is 2.99. The van der Waals surface area contributed by atoms with E-state index in [9.17, 15) is 14.4 Å². The van der Waals surface area contributed by atoms with E-state index in [0.717, 1.165) is 16.7 Å². The van der Waals surface area contributed by atoms with Crippen molar-refractivity contribution < 1.29 is 28.6 Å². The monoisotopic (exact) mass is 552 g/mol. The largest absolute Gasteiger partial charge is 0.485 e. The number of esters is 1. The smallest absolute Gasteiger partial charge is 0.328 e. The summed E-state index contributed by atoms with van der Waals surface area (Å²) in [5, 5.41) is 5.39. The Morgan fingerprint density at radius 1 is 0.707 bits per heavy atom. The summed E-state index contributed by atoms with van der Waals surface area (Å²) in [7, 11) is 1.27. The minimum atomic E-state index is -0.990. The normalized spacial score (nSPS) is 11.2. The summed E-state index contributed by atoms with van der Waals surface area (Å²) in [6.45, 7) is 2.04. The summed E-state index contributed by atoms with van der Waals surface area (Å²) in [6.07, 6.45) is 0.140. The Labute approximate surface area is 239 Å². The van der Waals surface area contributed by atoms with Gasteiger partial charge in [-0.3, -0.25) is 9.59 Å². The van der Waals surface area contributed by atoms with E-state index in [2.05, 4.69) is 10.6 Å². The molecule has 210 valence electrons. The van der Waals surface area contributed by atoms with E-state index in [1.807, 2.05) is 66.7 Å². The van der Waals surface area contributed by atoms with Crippen molar-refractivity contribution in [3.8, 4) is 11.5 Å². The number of carbonyl (C=O) groups excluding carboxylic acids is 3. The van der Waals surface area contributed by atoms with Gasteiger partial charge in [-0.1, -0.05) is 78.9 Å². The van der Waals surface area contributed by atoms with E-state index in [-0.39, 0.29) is 17.9 Å². The van der Waals surface area contributed by atoms with Crippen LogP contribution in [0, 0.1) is 0 Å². The summed E-state index contributed by atoms with van der Waals surface area (Å²) < 4.78 is 17.2. The molecule has 4 rings (SSSR count). The maximum absolute atomic E-state index is 13.2. The number of methoxy groups -OCH3 is 1. The predicted molar refractivity (Wildman–Crippen MR) is 156 cm³/mol. The number of rotatable bonds is 12. The third-order valence-corrected chi connectivity index (χ3v) is 6.20. The number of carbonyl (C=O) groups is 3. The van der Waals surface area contributed by atoms with Crippen molar-refractivity contribution in [3.05, 3.63) is 125 Å². The molecule has 8 nitrogen and oxygen atoms in total. The zero-order valence-electron chi connectivity index (χ0n) is 23.0. The number of benzene rings is 4. The Kier molecular flexibility index (Phi) is 10.1. The fraction of sp³-hybridized carbons (Fsp3) is 0.182. The maximum Gasteiger partial charge on any atom is 0.328 e. The van der Waals surface area contributed by atoms with Gasteiger partial charge < -0.3 is 24.8 Å². The number of amides is 2. The molecule has 8 heteroatoms. The lowest BCUT2D eigenvalue weighted by molar-refractivity contribution is -0.142. The Balaban J connectivity index is 1.55. The van der Waals surface area contributed by atoms with Crippen LogP contribution in [0.4, 0.5) is 5.69 Å². The van der Waals surface area contributed by atoms with Crippen molar-refractivity contribution in [2.45, 2.75) is 32.6 Å². The Bertz CT molecular complexity index is 1470. The van der Waals surface area contributed by atoms with Crippen molar-refractivity contribution in [3.63, 3.8) is 0 Å². The highest BCUT2D eigenvalue weighted by Gasteiger charge is 2.24. The predicted octanol–water partition coefficient (Wildman–Crippen LogP) is 5.32. The molecule has 2 amide bonds. The number of ether oxygens (including phenoxy) is 3. The summed E-state index contributed by atoms with van der Waals surface area (Å²) in [5.41, 5.74) is 3.31. The van der Waals surface area contributed by atoms with Crippen LogP contribution in [0.3, 0.4) is 0 Å². The second-order valence-corrected chi connectivity index (χ2v) is 9.31.